The Labute approximate surface area is 156 Å². The third-order valence-electron chi connectivity index (χ3n) is 4.82. The van der Waals surface area contributed by atoms with Crippen LogP contribution in [-0.2, 0) is 16.0 Å². The van der Waals surface area contributed by atoms with E-state index < -0.39 is 0 Å². The summed E-state index contributed by atoms with van der Waals surface area (Å²) in [6.45, 7) is 9.95. The highest BCUT2D eigenvalue weighted by Crippen LogP contribution is 2.16. The minimum atomic E-state index is 0.765. The van der Waals surface area contributed by atoms with E-state index in [0.717, 1.165) is 78.2 Å². The van der Waals surface area contributed by atoms with E-state index in [1.807, 2.05) is 7.05 Å². The number of guanidine groups is 1. The minimum Gasteiger partial charge on any atom is -0.379 e. The highest BCUT2D eigenvalue weighted by Gasteiger charge is 2.11. The van der Waals surface area contributed by atoms with Crippen molar-refractivity contribution in [3.05, 3.63) is 29.8 Å². The van der Waals surface area contributed by atoms with Crippen molar-refractivity contribution >= 4 is 11.6 Å². The molecule has 7 nitrogen and oxygen atoms in total. The fraction of sp³-hybridized carbons (Fsp3) is 0.632. The molecule has 2 aliphatic rings. The molecule has 2 fully saturated rings. The van der Waals surface area contributed by atoms with Gasteiger partial charge in [-0.15, -0.1) is 0 Å². The summed E-state index contributed by atoms with van der Waals surface area (Å²) in [6, 6.07) is 8.74. The number of ether oxygens (including phenoxy) is 2. The normalized spacial score (nSPS) is 19.4. The van der Waals surface area contributed by atoms with Crippen LogP contribution < -0.4 is 15.5 Å². The van der Waals surface area contributed by atoms with Crippen molar-refractivity contribution in [1.82, 2.24) is 15.5 Å². The van der Waals surface area contributed by atoms with Crippen LogP contribution in [0.4, 0.5) is 5.69 Å². The van der Waals surface area contributed by atoms with Gasteiger partial charge >= 0.3 is 0 Å². The molecule has 0 unspecified atom stereocenters. The number of hydrogen-bond donors (Lipinski definition) is 2. The van der Waals surface area contributed by atoms with Gasteiger partial charge in [-0.3, -0.25) is 9.89 Å². The molecule has 2 N–H and O–H groups in total. The van der Waals surface area contributed by atoms with Crippen molar-refractivity contribution in [2.45, 2.75) is 6.54 Å². The molecule has 2 aliphatic heterocycles. The van der Waals surface area contributed by atoms with Gasteiger partial charge in [-0.05, 0) is 17.7 Å². The van der Waals surface area contributed by atoms with Crippen LogP contribution in [0, 0.1) is 0 Å². The van der Waals surface area contributed by atoms with Gasteiger partial charge in [0.25, 0.3) is 0 Å². The van der Waals surface area contributed by atoms with Gasteiger partial charge in [0.2, 0.25) is 0 Å². The molecule has 7 heteroatoms. The van der Waals surface area contributed by atoms with Gasteiger partial charge in [0.1, 0.15) is 0 Å². The van der Waals surface area contributed by atoms with Crippen LogP contribution in [-0.4, -0.2) is 83.6 Å². The summed E-state index contributed by atoms with van der Waals surface area (Å²) in [5.41, 5.74) is 2.52. The zero-order valence-electron chi connectivity index (χ0n) is 15.7. The Morgan fingerprint density at radius 2 is 1.62 bits per heavy atom. The second-order valence-electron chi connectivity index (χ2n) is 6.57. The Bertz CT molecular complexity index is 552. The fourth-order valence-corrected chi connectivity index (χ4v) is 3.21. The lowest BCUT2D eigenvalue weighted by molar-refractivity contribution is 0.0389. The van der Waals surface area contributed by atoms with Crippen molar-refractivity contribution in [2.24, 2.45) is 4.99 Å². The molecule has 1 aromatic rings. The topological polar surface area (TPSA) is 61.4 Å². The van der Waals surface area contributed by atoms with Crippen LogP contribution in [0.25, 0.3) is 0 Å². The van der Waals surface area contributed by atoms with E-state index in [1.165, 1.54) is 11.3 Å². The summed E-state index contributed by atoms with van der Waals surface area (Å²) in [5.74, 6) is 0.843. The summed E-state index contributed by atoms with van der Waals surface area (Å²) in [6.07, 6.45) is 0. The Hall–Kier alpha value is -1.83. The lowest BCUT2D eigenvalue weighted by Gasteiger charge is -2.29. The minimum absolute atomic E-state index is 0.765. The highest BCUT2D eigenvalue weighted by molar-refractivity contribution is 5.79. The maximum atomic E-state index is 5.41. The standard InChI is InChI=1S/C19H31N5O2/c1-20-19(21-6-7-23-8-12-25-13-9-23)22-16-17-2-4-18(5-3-17)24-10-14-26-15-11-24/h2-5H,6-16H2,1H3,(H2,20,21,22). The third kappa shape index (κ3) is 5.86. The first-order chi connectivity index (χ1) is 12.8. The Balaban J connectivity index is 1.38. The molecular formula is C19H31N5O2. The van der Waals surface area contributed by atoms with Crippen LogP contribution in [0.3, 0.4) is 0 Å². The molecular weight excluding hydrogens is 330 g/mol. The second kappa shape index (κ2) is 10.4. The van der Waals surface area contributed by atoms with Crippen molar-refractivity contribution in [2.75, 3.05) is 77.6 Å². The van der Waals surface area contributed by atoms with Gasteiger partial charge in [0, 0.05) is 58.5 Å². The van der Waals surface area contributed by atoms with Gasteiger partial charge in [0.05, 0.1) is 26.4 Å². The van der Waals surface area contributed by atoms with Crippen molar-refractivity contribution in [1.29, 1.82) is 0 Å². The molecule has 0 radical (unpaired) electrons. The van der Waals surface area contributed by atoms with E-state index in [0.29, 0.717) is 0 Å². The van der Waals surface area contributed by atoms with Gasteiger partial charge < -0.3 is 25.0 Å². The van der Waals surface area contributed by atoms with Crippen LogP contribution in [0.2, 0.25) is 0 Å². The summed E-state index contributed by atoms with van der Waals surface area (Å²) >= 11 is 0. The molecule has 144 valence electrons. The Kier molecular flexibility index (Phi) is 7.54. The van der Waals surface area contributed by atoms with Crippen LogP contribution in [0.15, 0.2) is 29.3 Å². The molecule has 0 saturated carbocycles. The van der Waals surface area contributed by atoms with E-state index >= 15 is 0 Å². The summed E-state index contributed by atoms with van der Waals surface area (Å²) in [5, 5.41) is 6.77. The first-order valence-electron chi connectivity index (χ1n) is 9.51. The van der Waals surface area contributed by atoms with Gasteiger partial charge in [0.15, 0.2) is 5.96 Å². The summed E-state index contributed by atoms with van der Waals surface area (Å²) < 4.78 is 10.8. The lowest BCUT2D eigenvalue weighted by atomic mass is 10.2. The largest absolute Gasteiger partial charge is 0.379 e. The predicted molar refractivity (Wildman–Crippen MR) is 105 cm³/mol. The molecule has 3 rings (SSSR count). The summed E-state index contributed by atoms with van der Waals surface area (Å²) in [4.78, 5) is 9.08. The molecule has 0 aromatic heterocycles. The molecule has 0 atom stereocenters. The smallest absolute Gasteiger partial charge is 0.191 e. The van der Waals surface area contributed by atoms with Gasteiger partial charge in [-0.25, -0.2) is 0 Å². The van der Waals surface area contributed by atoms with Crippen molar-refractivity contribution in [3.63, 3.8) is 0 Å². The van der Waals surface area contributed by atoms with Crippen molar-refractivity contribution in [3.8, 4) is 0 Å². The van der Waals surface area contributed by atoms with E-state index in [4.69, 9.17) is 9.47 Å². The average Bonchev–Trinajstić information content (AvgIpc) is 2.72. The molecule has 2 heterocycles. The van der Waals surface area contributed by atoms with E-state index in [-0.39, 0.29) is 0 Å². The monoisotopic (exact) mass is 361 g/mol. The molecule has 0 aliphatic carbocycles. The van der Waals surface area contributed by atoms with E-state index in [1.54, 1.807) is 0 Å². The van der Waals surface area contributed by atoms with E-state index in [2.05, 4.69) is 49.7 Å². The zero-order valence-corrected chi connectivity index (χ0v) is 15.7. The number of hydrogen-bond acceptors (Lipinski definition) is 5. The lowest BCUT2D eigenvalue weighted by Crippen LogP contribution is -2.44. The van der Waals surface area contributed by atoms with Gasteiger partial charge in [-0.2, -0.15) is 0 Å². The quantitative estimate of drug-likeness (QED) is 0.569. The number of nitrogens with zero attached hydrogens (tertiary/aromatic N) is 3. The molecule has 1 aromatic carbocycles. The number of morpholine rings is 2. The number of anilines is 1. The fourth-order valence-electron chi connectivity index (χ4n) is 3.21. The first-order valence-corrected chi connectivity index (χ1v) is 9.51. The Morgan fingerprint density at radius 1 is 0.962 bits per heavy atom. The molecule has 2 saturated heterocycles. The molecule has 0 spiro atoms. The third-order valence-corrected chi connectivity index (χ3v) is 4.82. The van der Waals surface area contributed by atoms with Gasteiger partial charge in [-0.1, -0.05) is 12.1 Å². The van der Waals surface area contributed by atoms with Crippen LogP contribution in [0.5, 0.6) is 0 Å². The van der Waals surface area contributed by atoms with Crippen LogP contribution >= 0.6 is 0 Å². The second-order valence-corrected chi connectivity index (χ2v) is 6.57. The maximum absolute atomic E-state index is 5.41. The predicted octanol–water partition coefficient (Wildman–Crippen LogP) is 0.520. The van der Waals surface area contributed by atoms with Crippen LogP contribution in [0.1, 0.15) is 5.56 Å². The number of benzene rings is 1. The number of aliphatic imine (C=N–C) groups is 1. The maximum Gasteiger partial charge on any atom is 0.191 e. The molecule has 0 amide bonds. The SMILES string of the molecule is CN=C(NCCN1CCOCC1)NCc1ccc(N2CCOCC2)cc1. The average molecular weight is 361 g/mol. The summed E-state index contributed by atoms with van der Waals surface area (Å²) in [7, 11) is 1.81. The number of rotatable bonds is 6. The van der Waals surface area contributed by atoms with E-state index in [9.17, 15) is 0 Å². The molecule has 0 bridgehead atoms. The zero-order chi connectivity index (χ0) is 18.0. The number of nitrogens with one attached hydrogen (secondary N) is 2. The highest BCUT2D eigenvalue weighted by atomic mass is 16.5. The molecule has 26 heavy (non-hydrogen) atoms. The first kappa shape index (κ1) is 18.9. The Morgan fingerprint density at radius 3 is 2.27 bits per heavy atom. The van der Waals surface area contributed by atoms with Crippen molar-refractivity contribution < 1.29 is 9.47 Å².